The van der Waals surface area contributed by atoms with Gasteiger partial charge in [-0.15, -0.1) is 10.2 Å². The fourth-order valence-electron chi connectivity index (χ4n) is 2.74. The maximum Gasteiger partial charge on any atom is 0.277 e. The van der Waals surface area contributed by atoms with Crippen LogP contribution in [0, 0.1) is 11.6 Å². The average molecular weight is 423 g/mol. The van der Waals surface area contributed by atoms with Gasteiger partial charge in [0.2, 0.25) is 5.91 Å². The molecule has 4 rings (SSSR count). The van der Waals surface area contributed by atoms with Gasteiger partial charge in [0.05, 0.1) is 5.56 Å². The SMILES string of the molecule is O=C(Nc1ccc(F)cc1)[C@H](Sc1nnc(-c2ccccc2F)o1)c1ccccc1. The molecule has 0 radical (unpaired) electrons. The number of aromatic nitrogens is 2. The van der Waals surface area contributed by atoms with E-state index in [0.717, 1.165) is 11.8 Å². The lowest BCUT2D eigenvalue weighted by Crippen LogP contribution is -2.19. The number of nitrogens with zero attached hydrogens (tertiary/aromatic N) is 2. The lowest BCUT2D eigenvalue weighted by molar-refractivity contribution is -0.115. The van der Waals surface area contributed by atoms with Crippen LogP contribution in [0.3, 0.4) is 0 Å². The molecule has 0 fully saturated rings. The number of thioether (sulfide) groups is 1. The maximum absolute atomic E-state index is 14.0. The first kappa shape index (κ1) is 19.8. The van der Waals surface area contributed by atoms with Gasteiger partial charge in [-0.2, -0.15) is 0 Å². The Bertz CT molecular complexity index is 1150. The van der Waals surface area contributed by atoms with Crippen LogP contribution in [0.4, 0.5) is 14.5 Å². The summed E-state index contributed by atoms with van der Waals surface area (Å²) in [5.41, 5.74) is 1.36. The van der Waals surface area contributed by atoms with Gasteiger partial charge in [-0.05, 0) is 53.7 Å². The van der Waals surface area contributed by atoms with Crippen LogP contribution in [-0.2, 0) is 4.79 Å². The van der Waals surface area contributed by atoms with E-state index in [-0.39, 0.29) is 22.6 Å². The summed E-state index contributed by atoms with van der Waals surface area (Å²) < 4.78 is 32.7. The molecule has 0 bridgehead atoms. The van der Waals surface area contributed by atoms with Gasteiger partial charge in [0.1, 0.15) is 16.9 Å². The highest BCUT2D eigenvalue weighted by molar-refractivity contribution is 8.00. The van der Waals surface area contributed by atoms with Crippen LogP contribution >= 0.6 is 11.8 Å². The van der Waals surface area contributed by atoms with Gasteiger partial charge >= 0.3 is 0 Å². The number of carbonyl (C=O) groups excluding carboxylic acids is 1. The summed E-state index contributed by atoms with van der Waals surface area (Å²) in [5, 5.41) is 10.0. The number of anilines is 1. The monoisotopic (exact) mass is 423 g/mol. The lowest BCUT2D eigenvalue weighted by atomic mass is 10.1. The molecule has 0 saturated heterocycles. The first-order valence-electron chi connectivity index (χ1n) is 8.96. The molecule has 150 valence electrons. The number of carbonyl (C=O) groups is 1. The minimum Gasteiger partial charge on any atom is -0.411 e. The number of hydrogen-bond acceptors (Lipinski definition) is 5. The van der Waals surface area contributed by atoms with Gasteiger partial charge in [0, 0.05) is 5.69 Å². The van der Waals surface area contributed by atoms with E-state index in [1.165, 1.54) is 36.4 Å². The molecule has 1 aromatic heterocycles. The van der Waals surface area contributed by atoms with E-state index in [0.29, 0.717) is 11.3 Å². The van der Waals surface area contributed by atoms with Crippen molar-refractivity contribution < 1.29 is 18.0 Å². The van der Waals surface area contributed by atoms with Crippen molar-refractivity contribution in [2.75, 3.05) is 5.32 Å². The standard InChI is InChI=1S/C22H15F2N3O2S/c23-15-10-12-16(13-11-15)25-20(28)19(14-6-2-1-3-7-14)30-22-27-26-21(29-22)17-8-4-5-9-18(17)24/h1-13,19H,(H,25,28)/t19-/m1/s1. The zero-order chi connectivity index (χ0) is 20.9. The van der Waals surface area contributed by atoms with Crippen LogP contribution in [0.5, 0.6) is 0 Å². The zero-order valence-corrected chi connectivity index (χ0v) is 16.3. The first-order valence-corrected chi connectivity index (χ1v) is 9.84. The van der Waals surface area contributed by atoms with Crippen molar-refractivity contribution in [3.63, 3.8) is 0 Å². The molecule has 5 nitrogen and oxygen atoms in total. The summed E-state index contributed by atoms with van der Waals surface area (Å²) in [4.78, 5) is 13.0. The minimum atomic E-state index is -0.717. The summed E-state index contributed by atoms with van der Waals surface area (Å²) in [6.07, 6.45) is 0. The predicted octanol–water partition coefficient (Wildman–Crippen LogP) is 5.49. The Morgan fingerprint density at radius 2 is 1.60 bits per heavy atom. The molecule has 0 aliphatic rings. The number of nitrogens with one attached hydrogen (secondary N) is 1. The number of hydrogen-bond donors (Lipinski definition) is 1. The van der Waals surface area contributed by atoms with Gasteiger partial charge in [0.25, 0.3) is 11.1 Å². The third-order valence-corrected chi connectivity index (χ3v) is 5.27. The summed E-state index contributed by atoms with van der Waals surface area (Å²) >= 11 is 1.04. The van der Waals surface area contributed by atoms with Crippen molar-refractivity contribution in [2.24, 2.45) is 0 Å². The summed E-state index contributed by atoms with van der Waals surface area (Å²) in [6, 6.07) is 20.6. The van der Waals surface area contributed by atoms with E-state index in [1.807, 2.05) is 18.2 Å². The van der Waals surface area contributed by atoms with E-state index in [2.05, 4.69) is 15.5 Å². The van der Waals surface area contributed by atoms with Crippen LogP contribution in [0.15, 0.2) is 88.5 Å². The second kappa shape index (κ2) is 8.87. The van der Waals surface area contributed by atoms with Crippen molar-refractivity contribution in [3.8, 4) is 11.5 Å². The van der Waals surface area contributed by atoms with Gasteiger partial charge in [-0.25, -0.2) is 8.78 Å². The zero-order valence-electron chi connectivity index (χ0n) is 15.5. The molecule has 8 heteroatoms. The topological polar surface area (TPSA) is 68.0 Å². The molecule has 1 N–H and O–H groups in total. The normalized spacial score (nSPS) is 11.8. The Hall–Kier alpha value is -3.52. The summed E-state index contributed by atoms with van der Waals surface area (Å²) in [7, 11) is 0. The molecule has 1 atom stereocenters. The minimum absolute atomic E-state index is 0.0290. The van der Waals surface area contributed by atoms with Crippen LogP contribution in [0.25, 0.3) is 11.5 Å². The Morgan fingerprint density at radius 3 is 2.33 bits per heavy atom. The maximum atomic E-state index is 14.0. The molecule has 1 heterocycles. The van der Waals surface area contributed by atoms with Crippen molar-refractivity contribution >= 4 is 23.4 Å². The Kier molecular flexibility index (Phi) is 5.85. The van der Waals surface area contributed by atoms with Crippen molar-refractivity contribution in [1.29, 1.82) is 0 Å². The molecule has 1 amide bonds. The highest BCUT2D eigenvalue weighted by atomic mass is 32.2. The quantitative estimate of drug-likeness (QED) is 0.416. The molecule has 0 aliphatic heterocycles. The Balaban J connectivity index is 1.59. The van der Waals surface area contributed by atoms with Crippen LogP contribution in [0.1, 0.15) is 10.8 Å². The smallest absolute Gasteiger partial charge is 0.277 e. The molecule has 0 spiro atoms. The number of benzene rings is 3. The van der Waals surface area contributed by atoms with Crippen molar-refractivity contribution in [2.45, 2.75) is 10.5 Å². The highest BCUT2D eigenvalue weighted by Crippen LogP contribution is 2.36. The second-order valence-electron chi connectivity index (χ2n) is 6.26. The third-order valence-electron chi connectivity index (χ3n) is 4.18. The van der Waals surface area contributed by atoms with E-state index in [1.54, 1.807) is 24.3 Å². The van der Waals surface area contributed by atoms with Crippen LogP contribution in [0.2, 0.25) is 0 Å². The molecule has 4 aromatic rings. The Morgan fingerprint density at radius 1 is 0.900 bits per heavy atom. The van der Waals surface area contributed by atoms with Gasteiger partial charge in [-0.3, -0.25) is 4.79 Å². The van der Waals surface area contributed by atoms with Gasteiger partial charge in [0.15, 0.2) is 0 Å². The number of halogens is 2. The molecule has 0 aliphatic carbocycles. The number of rotatable bonds is 6. The first-order chi connectivity index (χ1) is 14.6. The second-order valence-corrected chi connectivity index (χ2v) is 7.31. The summed E-state index contributed by atoms with van der Waals surface area (Å²) in [6.45, 7) is 0. The molecule has 3 aromatic carbocycles. The fourth-order valence-corrected chi connectivity index (χ4v) is 3.62. The van der Waals surface area contributed by atoms with E-state index >= 15 is 0 Å². The lowest BCUT2D eigenvalue weighted by Gasteiger charge is -2.15. The third kappa shape index (κ3) is 4.55. The highest BCUT2D eigenvalue weighted by Gasteiger charge is 2.25. The molecule has 0 unspecified atom stereocenters. The predicted molar refractivity (Wildman–Crippen MR) is 110 cm³/mol. The van der Waals surface area contributed by atoms with Crippen molar-refractivity contribution in [3.05, 3.63) is 96.1 Å². The Labute approximate surface area is 175 Å². The van der Waals surface area contributed by atoms with Gasteiger partial charge < -0.3 is 9.73 Å². The number of amides is 1. The van der Waals surface area contributed by atoms with Crippen LogP contribution in [-0.4, -0.2) is 16.1 Å². The van der Waals surface area contributed by atoms with Gasteiger partial charge in [-0.1, -0.05) is 42.5 Å². The van der Waals surface area contributed by atoms with E-state index < -0.39 is 16.9 Å². The van der Waals surface area contributed by atoms with E-state index in [9.17, 15) is 13.6 Å². The fraction of sp³-hybridized carbons (Fsp3) is 0.0455. The van der Waals surface area contributed by atoms with Crippen LogP contribution < -0.4 is 5.32 Å². The largest absolute Gasteiger partial charge is 0.411 e. The molecule has 0 saturated carbocycles. The molecule has 30 heavy (non-hydrogen) atoms. The molecular formula is C22H15F2N3O2S. The van der Waals surface area contributed by atoms with Crippen molar-refractivity contribution in [1.82, 2.24) is 10.2 Å². The average Bonchev–Trinajstić information content (AvgIpc) is 3.23. The van der Waals surface area contributed by atoms with E-state index in [4.69, 9.17) is 4.42 Å². The molecular weight excluding hydrogens is 408 g/mol. The summed E-state index contributed by atoms with van der Waals surface area (Å²) in [5.74, 6) is -1.19.